The second-order valence-corrected chi connectivity index (χ2v) is 3.69. The van der Waals surface area contributed by atoms with Crippen molar-refractivity contribution in [3.05, 3.63) is 22.3 Å². The van der Waals surface area contributed by atoms with E-state index in [9.17, 15) is 5.11 Å². The van der Waals surface area contributed by atoms with Gasteiger partial charge in [-0.05, 0) is 27.6 Å². The van der Waals surface area contributed by atoms with E-state index in [-0.39, 0.29) is 6.10 Å². The standard InChI is InChI=1S/C8H9BrN2O/c9-7-2-1-5-3-6(12)4-10-8(5)11-7/h1-2,6,12H,3-4H2,(H,10,11). The summed E-state index contributed by atoms with van der Waals surface area (Å²) in [6.45, 7) is 0.594. The molecule has 1 aromatic heterocycles. The van der Waals surface area contributed by atoms with Crippen LogP contribution in [0, 0.1) is 0 Å². The maximum atomic E-state index is 9.32. The van der Waals surface area contributed by atoms with Gasteiger partial charge in [-0.3, -0.25) is 0 Å². The Hall–Kier alpha value is -0.610. The van der Waals surface area contributed by atoms with Crippen molar-refractivity contribution in [1.82, 2.24) is 4.98 Å². The van der Waals surface area contributed by atoms with Crippen LogP contribution in [0.5, 0.6) is 0 Å². The predicted octanol–water partition coefficient (Wildman–Crippen LogP) is 1.17. The highest BCUT2D eigenvalue weighted by Crippen LogP contribution is 2.21. The van der Waals surface area contributed by atoms with Gasteiger partial charge >= 0.3 is 0 Å². The quantitative estimate of drug-likeness (QED) is 0.656. The SMILES string of the molecule is OC1CNc2nc(Br)ccc2C1. The van der Waals surface area contributed by atoms with Gasteiger partial charge in [0.05, 0.1) is 6.10 Å². The zero-order chi connectivity index (χ0) is 8.55. The largest absolute Gasteiger partial charge is 0.391 e. The van der Waals surface area contributed by atoms with Crippen molar-refractivity contribution < 1.29 is 5.11 Å². The predicted molar refractivity (Wildman–Crippen MR) is 50.1 cm³/mol. The van der Waals surface area contributed by atoms with Crippen LogP contribution in [-0.4, -0.2) is 22.7 Å². The van der Waals surface area contributed by atoms with E-state index in [1.54, 1.807) is 0 Å². The van der Waals surface area contributed by atoms with E-state index in [1.807, 2.05) is 12.1 Å². The number of anilines is 1. The zero-order valence-electron chi connectivity index (χ0n) is 6.42. The molecule has 2 N–H and O–H groups in total. The van der Waals surface area contributed by atoms with Crippen LogP contribution in [-0.2, 0) is 6.42 Å². The van der Waals surface area contributed by atoms with Crippen molar-refractivity contribution in [3.8, 4) is 0 Å². The van der Waals surface area contributed by atoms with Crippen molar-refractivity contribution in [2.45, 2.75) is 12.5 Å². The molecule has 2 rings (SSSR count). The molecule has 0 spiro atoms. The second kappa shape index (κ2) is 3.03. The maximum absolute atomic E-state index is 9.32. The Balaban J connectivity index is 2.37. The van der Waals surface area contributed by atoms with Crippen molar-refractivity contribution in [1.29, 1.82) is 0 Å². The highest BCUT2D eigenvalue weighted by molar-refractivity contribution is 9.10. The number of aliphatic hydroxyl groups excluding tert-OH is 1. The van der Waals surface area contributed by atoms with Crippen LogP contribution in [0.15, 0.2) is 16.7 Å². The number of hydrogen-bond donors (Lipinski definition) is 2. The lowest BCUT2D eigenvalue weighted by Gasteiger charge is -2.21. The van der Waals surface area contributed by atoms with E-state index in [1.165, 1.54) is 0 Å². The Kier molecular flexibility index (Phi) is 2.02. The summed E-state index contributed by atoms with van der Waals surface area (Å²) in [5.74, 6) is 0.884. The summed E-state index contributed by atoms with van der Waals surface area (Å²) >= 11 is 3.29. The van der Waals surface area contributed by atoms with E-state index in [4.69, 9.17) is 0 Å². The number of β-amino-alcohol motifs (C(OH)–C–C–N with tert-alkyl or cyclic N) is 1. The van der Waals surface area contributed by atoms with Crippen molar-refractivity contribution in [2.75, 3.05) is 11.9 Å². The summed E-state index contributed by atoms with van der Waals surface area (Å²) in [6, 6.07) is 3.86. The van der Waals surface area contributed by atoms with Crippen LogP contribution in [0.3, 0.4) is 0 Å². The molecule has 0 aliphatic carbocycles. The third-order valence-corrected chi connectivity index (χ3v) is 2.35. The third kappa shape index (κ3) is 1.44. The van der Waals surface area contributed by atoms with Crippen molar-refractivity contribution in [3.63, 3.8) is 0 Å². The molecule has 1 aliphatic rings. The van der Waals surface area contributed by atoms with Gasteiger partial charge in [-0.1, -0.05) is 6.07 Å². The minimum absolute atomic E-state index is 0.277. The molecule has 0 aromatic carbocycles. The van der Waals surface area contributed by atoms with Crippen LogP contribution in [0.2, 0.25) is 0 Å². The fourth-order valence-electron chi connectivity index (χ4n) is 1.32. The molecule has 1 atom stereocenters. The topological polar surface area (TPSA) is 45.1 Å². The molecule has 64 valence electrons. The molecule has 0 fully saturated rings. The number of rotatable bonds is 0. The van der Waals surface area contributed by atoms with Gasteiger partial charge in [0.25, 0.3) is 0 Å². The zero-order valence-corrected chi connectivity index (χ0v) is 8.00. The highest BCUT2D eigenvalue weighted by atomic mass is 79.9. The number of pyridine rings is 1. The lowest BCUT2D eigenvalue weighted by Crippen LogP contribution is -2.28. The van der Waals surface area contributed by atoms with Crippen LogP contribution in [0.4, 0.5) is 5.82 Å². The van der Waals surface area contributed by atoms with E-state index in [0.717, 1.165) is 16.0 Å². The van der Waals surface area contributed by atoms with E-state index in [0.29, 0.717) is 13.0 Å². The Morgan fingerprint density at radius 3 is 3.25 bits per heavy atom. The normalized spacial score (nSPS) is 21.3. The van der Waals surface area contributed by atoms with Gasteiger partial charge in [0.15, 0.2) is 0 Å². The van der Waals surface area contributed by atoms with Gasteiger partial charge in [0.1, 0.15) is 10.4 Å². The number of halogens is 1. The first-order valence-electron chi connectivity index (χ1n) is 3.83. The fraction of sp³-hybridized carbons (Fsp3) is 0.375. The minimum Gasteiger partial charge on any atom is -0.391 e. The molecule has 0 saturated carbocycles. The van der Waals surface area contributed by atoms with Crippen LogP contribution in [0.1, 0.15) is 5.56 Å². The number of nitrogens with one attached hydrogen (secondary N) is 1. The number of aliphatic hydroxyl groups is 1. The van der Waals surface area contributed by atoms with Gasteiger partial charge < -0.3 is 10.4 Å². The summed E-state index contributed by atoms with van der Waals surface area (Å²) < 4.78 is 0.824. The Bertz CT molecular complexity index is 303. The Labute approximate surface area is 79.0 Å². The summed E-state index contributed by atoms with van der Waals surface area (Å²) in [7, 11) is 0. The third-order valence-electron chi connectivity index (χ3n) is 1.91. The van der Waals surface area contributed by atoms with Gasteiger partial charge in [-0.25, -0.2) is 4.98 Å². The average Bonchev–Trinajstić information content (AvgIpc) is 2.05. The molecule has 0 radical (unpaired) electrons. The van der Waals surface area contributed by atoms with Gasteiger partial charge in [-0.15, -0.1) is 0 Å². The molecule has 1 unspecified atom stereocenters. The lowest BCUT2D eigenvalue weighted by molar-refractivity contribution is 0.184. The molecular formula is C8H9BrN2O. The summed E-state index contributed by atoms with van der Waals surface area (Å²) in [4.78, 5) is 4.24. The minimum atomic E-state index is -0.277. The van der Waals surface area contributed by atoms with E-state index < -0.39 is 0 Å². The number of fused-ring (bicyclic) bond motifs is 1. The summed E-state index contributed by atoms with van der Waals surface area (Å²) in [5.41, 5.74) is 1.08. The first-order chi connectivity index (χ1) is 5.75. The first kappa shape index (κ1) is 8.01. The molecule has 0 amide bonds. The lowest BCUT2D eigenvalue weighted by atomic mass is 10.1. The van der Waals surface area contributed by atoms with Crippen LogP contribution < -0.4 is 5.32 Å². The van der Waals surface area contributed by atoms with Crippen LogP contribution in [0.25, 0.3) is 0 Å². The molecular weight excluding hydrogens is 220 g/mol. The van der Waals surface area contributed by atoms with E-state index >= 15 is 0 Å². The Morgan fingerprint density at radius 1 is 1.58 bits per heavy atom. The number of nitrogens with zero attached hydrogens (tertiary/aromatic N) is 1. The average molecular weight is 229 g/mol. The highest BCUT2D eigenvalue weighted by Gasteiger charge is 2.16. The van der Waals surface area contributed by atoms with Crippen LogP contribution >= 0.6 is 15.9 Å². The monoisotopic (exact) mass is 228 g/mol. The maximum Gasteiger partial charge on any atom is 0.130 e. The molecule has 1 aliphatic heterocycles. The first-order valence-corrected chi connectivity index (χ1v) is 4.62. The molecule has 3 nitrogen and oxygen atoms in total. The van der Waals surface area contributed by atoms with E-state index in [2.05, 4.69) is 26.2 Å². The van der Waals surface area contributed by atoms with Gasteiger partial charge in [-0.2, -0.15) is 0 Å². The number of hydrogen-bond acceptors (Lipinski definition) is 3. The van der Waals surface area contributed by atoms with Gasteiger partial charge in [0, 0.05) is 13.0 Å². The van der Waals surface area contributed by atoms with Gasteiger partial charge in [0.2, 0.25) is 0 Å². The fourth-order valence-corrected chi connectivity index (χ4v) is 1.63. The second-order valence-electron chi connectivity index (χ2n) is 2.88. The molecule has 0 saturated heterocycles. The molecule has 4 heteroatoms. The molecule has 0 bridgehead atoms. The van der Waals surface area contributed by atoms with Crippen molar-refractivity contribution >= 4 is 21.7 Å². The van der Waals surface area contributed by atoms with Crippen molar-refractivity contribution in [2.24, 2.45) is 0 Å². The smallest absolute Gasteiger partial charge is 0.130 e. The Morgan fingerprint density at radius 2 is 2.42 bits per heavy atom. The molecule has 1 aromatic rings. The summed E-state index contributed by atoms with van der Waals surface area (Å²) in [6.07, 6.45) is 0.420. The molecule has 2 heterocycles. The molecule has 12 heavy (non-hydrogen) atoms. The summed E-state index contributed by atoms with van der Waals surface area (Å²) in [5, 5.41) is 12.4. The number of aromatic nitrogens is 1.